The molecule has 1 heterocycles. The predicted molar refractivity (Wildman–Crippen MR) is 89.4 cm³/mol. The number of fused-ring (bicyclic) bond motifs is 1. The highest BCUT2D eigenvalue weighted by Crippen LogP contribution is 2.19. The van der Waals surface area contributed by atoms with E-state index in [4.69, 9.17) is 0 Å². The lowest BCUT2D eigenvalue weighted by molar-refractivity contribution is 0.621. The highest BCUT2D eigenvalue weighted by atomic mass is 127. The number of aromatic nitrogens is 2. The molecule has 0 fully saturated rings. The molecule has 3 rings (SSSR count). The van der Waals surface area contributed by atoms with E-state index >= 15 is 0 Å². The molecule has 0 N–H and O–H groups in total. The van der Waals surface area contributed by atoms with Crippen molar-refractivity contribution in [1.29, 1.82) is 0 Å². The fraction of sp³-hybridized carbons (Fsp3) is 0.125. The number of benzene rings is 2. The first kappa shape index (κ1) is 14.2. The Balaban J connectivity index is 2.42. The molecule has 0 unspecified atom stereocenters. The van der Waals surface area contributed by atoms with Gasteiger partial charge in [-0.25, -0.2) is 9.37 Å². The minimum atomic E-state index is -0.352. The van der Waals surface area contributed by atoms with Crippen molar-refractivity contribution in [2.24, 2.45) is 0 Å². The van der Waals surface area contributed by atoms with Gasteiger partial charge in [0.1, 0.15) is 11.6 Å². The zero-order valence-corrected chi connectivity index (χ0v) is 13.5. The molecule has 0 saturated heterocycles. The molecular formula is C16H12FIN2O. The van der Waals surface area contributed by atoms with Crippen LogP contribution in [0.1, 0.15) is 12.7 Å². The normalized spacial score (nSPS) is 11.0. The summed E-state index contributed by atoms with van der Waals surface area (Å²) in [6, 6.07) is 12.3. The molecular weight excluding hydrogens is 382 g/mol. The maximum absolute atomic E-state index is 13.7. The average molecular weight is 394 g/mol. The van der Waals surface area contributed by atoms with Gasteiger partial charge >= 0.3 is 0 Å². The average Bonchev–Trinajstić information content (AvgIpc) is 2.50. The van der Waals surface area contributed by atoms with Crippen LogP contribution in [0.4, 0.5) is 4.39 Å². The first-order valence-corrected chi connectivity index (χ1v) is 7.65. The number of aryl methyl sites for hydroxylation is 1. The van der Waals surface area contributed by atoms with Gasteiger partial charge in [0.15, 0.2) is 0 Å². The number of hydrogen-bond donors (Lipinski definition) is 0. The highest BCUT2D eigenvalue weighted by molar-refractivity contribution is 14.1. The summed E-state index contributed by atoms with van der Waals surface area (Å²) in [5, 5.41) is 0.432. The highest BCUT2D eigenvalue weighted by Gasteiger charge is 2.13. The van der Waals surface area contributed by atoms with E-state index in [-0.39, 0.29) is 11.4 Å². The van der Waals surface area contributed by atoms with Crippen LogP contribution >= 0.6 is 22.6 Å². The van der Waals surface area contributed by atoms with Crippen molar-refractivity contribution >= 4 is 33.5 Å². The van der Waals surface area contributed by atoms with Crippen LogP contribution in [-0.2, 0) is 6.42 Å². The van der Waals surface area contributed by atoms with Crippen LogP contribution in [0, 0.1) is 9.39 Å². The third-order valence-corrected chi connectivity index (χ3v) is 4.14. The zero-order valence-electron chi connectivity index (χ0n) is 11.3. The summed E-state index contributed by atoms with van der Waals surface area (Å²) in [5.74, 6) is 0.272. The van der Waals surface area contributed by atoms with Crippen LogP contribution in [0.2, 0.25) is 0 Å². The third-order valence-electron chi connectivity index (χ3n) is 3.31. The molecule has 0 spiro atoms. The summed E-state index contributed by atoms with van der Waals surface area (Å²) in [4.78, 5) is 17.2. The number of rotatable bonds is 2. The van der Waals surface area contributed by atoms with Crippen molar-refractivity contribution < 1.29 is 4.39 Å². The summed E-state index contributed by atoms with van der Waals surface area (Å²) in [7, 11) is 0. The largest absolute Gasteiger partial charge is 0.268 e. The van der Waals surface area contributed by atoms with Crippen LogP contribution in [0.3, 0.4) is 0 Å². The molecule has 0 radical (unpaired) electrons. The van der Waals surface area contributed by atoms with Crippen LogP contribution in [0.25, 0.3) is 16.6 Å². The lowest BCUT2D eigenvalue weighted by Gasteiger charge is -2.12. The van der Waals surface area contributed by atoms with Crippen molar-refractivity contribution in [3.8, 4) is 5.69 Å². The monoisotopic (exact) mass is 394 g/mol. The topological polar surface area (TPSA) is 34.9 Å². The number of nitrogens with zero attached hydrogens (tertiary/aromatic N) is 2. The second-order valence-corrected chi connectivity index (χ2v) is 5.80. The Labute approximate surface area is 134 Å². The number of para-hydroxylation sites is 1. The quantitative estimate of drug-likeness (QED) is 0.622. The van der Waals surface area contributed by atoms with Gasteiger partial charge in [-0.15, -0.1) is 0 Å². The van der Waals surface area contributed by atoms with Crippen molar-refractivity contribution in [2.45, 2.75) is 13.3 Å². The summed E-state index contributed by atoms with van der Waals surface area (Å²) >= 11 is 1.88. The second-order valence-electron chi connectivity index (χ2n) is 4.64. The maximum Gasteiger partial charge on any atom is 0.266 e. The summed E-state index contributed by atoms with van der Waals surface area (Å²) < 4.78 is 15.7. The Kier molecular flexibility index (Phi) is 3.75. The SMILES string of the molecule is CCc1nc2cc(F)c(I)cc2c(=O)n1-c1ccccc1. The Bertz CT molecular complexity index is 875. The molecule has 5 heteroatoms. The minimum absolute atomic E-state index is 0.166. The van der Waals surface area contributed by atoms with E-state index in [0.29, 0.717) is 26.7 Å². The standard InChI is InChI=1S/C16H12FIN2O/c1-2-15-19-14-9-12(17)13(18)8-11(14)16(21)20(15)10-6-4-3-5-7-10/h3-9H,2H2,1H3. The molecule has 0 aliphatic heterocycles. The lowest BCUT2D eigenvalue weighted by atomic mass is 10.2. The molecule has 2 aromatic carbocycles. The Morgan fingerprint density at radius 1 is 1.24 bits per heavy atom. The van der Waals surface area contributed by atoms with Gasteiger partial charge in [-0.2, -0.15) is 0 Å². The van der Waals surface area contributed by atoms with E-state index in [1.54, 1.807) is 10.6 Å². The Morgan fingerprint density at radius 3 is 2.62 bits per heavy atom. The summed E-state index contributed by atoms with van der Waals surface area (Å²) in [6.07, 6.45) is 0.591. The molecule has 3 aromatic rings. The fourth-order valence-corrected chi connectivity index (χ4v) is 2.77. The molecule has 106 valence electrons. The van der Waals surface area contributed by atoms with E-state index < -0.39 is 0 Å². The predicted octanol–water partition coefficient (Wildman–Crippen LogP) is 3.69. The van der Waals surface area contributed by atoms with Gasteiger partial charge in [-0.05, 0) is 40.8 Å². The fourth-order valence-electron chi connectivity index (χ4n) is 2.31. The molecule has 21 heavy (non-hydrogen) atoms. The Morgan fingerprint density at radius 2 is 1.95 bits per heavy atom. The van der Waals surface area contributed by atoms with Crippen molar-refractivity contribution in [3.05, 3.63) is 68.0 Å². The van der Waals surface area contributed by atoms with E-state index in [9.17, 15) is 9.18 Å². The lowest BCUT2D eigenvalue weighted by Crippen LogP contribution is -2.23. The first-order chi connectivity index (χ1) is 10.1. The molecule has 0 aliphatic carbocycles. The van der Waals surface area contributed by atoms with Gasteiger partial charge in [0.05, 0.1) is 16.6 Å². The minimum Gasteiger partial charge on any atom is -0.268 e. The third kappa shape index (κ3) is 2.46. The van der Waals surface area contributed by atoms with Crippen LogP contribution < -0.4 is 5.56 Å². The van der Waals surface area contributed by atoms with Crippen molar-refractivity contribution in [3.63, 3.8) is 0 Å². The molecule has 3 nitrogen and oxygen atoms in total. The molecule has 0 bridgehead atoms. The van der Waals surface area contributed by atoms with E-state index in [2.05, 4.69) is 4.98 Å². The zero-order chi connectivity index (χ0) is 15.0. The van der Waals surface area contributed by atoms with E-state index in [1.807, 2.05) is 59.8 Å². The second kappa shape index (κ2) is 5.55. The van der Waals surface area contributed by atoms with E-state index in [1.165, 1.54) is 6.07 Å². The first-order valence-electron chi connectivity index (χ1n) is 6.58. The maximum atomic E-state index is 13.7. The van der Waals surface area contributed by atoms with Crippen molar-refractivity contribution in [1.82, 2.24) is 9.55 Å². The number of halogens is 2. The molecule has 0 saturated carbocycles. The van der Waals surface area contributed by atoms with Gasteiger partial charge in [0.25, 0.3) is 5.56 Å². The molecule has 0 atom stereocenters. The molecule has 1 aromatic heterocycles. The summed E-state index contributed by atoms with van der Waals surface area (Å²) in [5.41, 5.74) is 1.01. The van der Waals surface area contributed by atoms with Gasteiger partial charge in [0.2, 0.25) is 0 Å². The molecule has 0 amide bonds. The number of hydrogen-bond acceptors (Lipinski definition) is 2. The van der Waals surface area contributed by atoms with Gasteiger partial charge in [0, 0.05) is 16.1 Å². The van der Waals surface area contributed by atoms with Crippen LogP contribution in [0.15, 0.2) is 47.3 Å². The van der Waals surface area contributed by atoms with Crippen LogP contribution in [-0.4, -0.2) is 9.55 Å². The smallest absolute Gasteiger partial charge is 0.266 e. The van der Waals surface area contributed by atoms with Gasteiger partial charge in [-0.3, -0.25) is 9.36 Å². The van der Waals surface area contributed by atoms with Crippen molar-refractivity contribution in [2.75, 3.05) is 0 Å². The van der Waals surface area contributed by atoms with Crippen LogP contribution in [0.5, 0.6) is 0 Å². The van der Waals surface area contributed by atoms with E-state index in [0.717, 1.165) is 5.69 Å². The van der Waals surface area contributed by atoms with Gasteiger partial charge < -0.3 is 0 Å². The Hall–Kier alpha value is -1.76. The van der Waals surface area contributed by atoms with Gasteiger partial charge in [-0.1, -0.05) is 25.1 Å². The summed E-state index contributed by atoms with van der Waals surface area (Å²) in [6.45, 7) is 1.93. The molecule has 0 aliphatic rings.